The summed E-state index contributed by atoms with van der Waals surface area (Å²) < 4.78 is 18.2. The molecule has 0 spiro atoms. The summed E-state index contributed by atoms with van der Waals surface area (Å²) in [5.74, 6) is 0.0880. The Morgan fingerprint density at radius 2 is 2.50 bits per heavy atom. The molecular formula is C7H16N2O2S. The molecule has 1 unspecified atom stereocenters. The van der Waals surface area contributed by atoms with E-state index in [4.69, 9.17) is 4.78 Å². The monoisotopic (exact) mass is 192 g/mol. The first-order chi connectivity index (χ1) is 5.49. The quantitative estimate of drug-likeness (QED) is 0.578. The van der Waals surface area contributed by atoms with Gasteiger partial charge in [-0.3, -0.25) is 8.99 Å². The molecule has 12 heavy (non-hydrogen) atoms. The molecule has 5 heteroatoms. The summed E-state index contributed by atoms with van der Waals surface area (Å²) in [5.41, 5.74) is 0. The average Bonchev–Trinajstić information content (AvgIpc) is 2.32. The minimum absolute atomic E-state index is 0.0520. The summed E-state index contributed by atoms with van der Waals surface area (Å²) >= 11 is 0. The van der Waals surface area contributed by atoms with E-state index in [0.717, 1.165) is 19.4 Å². The highest BCUT2D eigenvalue weighted by atomic mass is 32.2. The third kappa shape index (κ3) is 3.08. The zero-order valence-electron chi connectivity index (χ0n) is 7.25. The lowest BCUT2D eigenvalue weighted by Crippen LogP contribution is -2.38. The van der Waals surface area contributed by atoms with Gasteiger partial charge in [0.15, 0.2) is 0 Å². The van der Waals surface area contributed by atoms with E-state index in [1.54, 1.807) is 0 Å². The van der Waals surface area contributed by atoms with Crippen LogP contribution in [-0.4, -0.2) is 40.0 Å². The number of nitrogens with one attached hydrogen (secondary N) is 2. The van der Waals surface area contributed by atoms with Crippen LogP contribution in [0.1, 0.15) is 12.8 Å². The second-order valence-corrected chi connectivity index (χ2v) is 5.79. The molecule has 0 aromatic heterocycles. The normalized spacial score (nSPS) is 31.3. The zero-order chi connectivity index (χ0) is 9.19. The minimum Gasteiger partial charge on any atom is -0.391 e. The van der Waals surface area contributed by atoms with E-state index in [1.807, 2.05) is 0 Å². The van der Waals surface area contributed by atoms with E-state index in [-0.39, 0.29) is 11.8 Å². The van der Waals surface area contributed by atoms with Crippen LogP contribution in [0, 0.1) is 4.78 Å². The lowest BCUT2D eigenvalue weighted by Gasteiger charge is -2.17. The molecule has 1 saturated heterocycles. The number of aliphatic hydroxyl groups excluding tert-OH is 1. The van der Waals surface area contributed by atoms with E-state index < -0.39 is 15.8 Å². The number of hydrogen-bond donors (Lipinski definition) is 3. The maximum absolute atomic E-state index is 11.0. The molecule has 1 fully saturated rings. The summed E-state index contributed by atoms with van der Waals surface area (Å²) in [5, 5.41) is 12.6. The number of aliphatic hydroxyl groups is 1. The molecule has 1 aliphatic heterocycles. The van der Waals surface area contributed by atoms with Gasteiger partial charge in [0.05, 0.1) is 11.9 Å². The van der Waals surface area contributed by atoms with E-state index in [9.17, 15) is 9.32 Å². The van der Waals surface area contributed by atoms with Gasteiger partial charge in [-0.1, -0.05) is 0 Å². The van der Waals surface area contributed by atoms with Crippen LogP contribution >= 0.6 is 0 Å². The van der Waals surface area contributed by atoms with E-state index >= 15 is 0 Å². The van der Waals surface area contributed by atoms with E-state index in [2.05, 4.69) is 5.32 Å². The molecule has 72 valence electrons. The molecule has 4 nitrogen and oxygen atoms in total. The van der Waals surface area contributed by atoms with Crippen molar-refractivity contribution in [2.45, 2.75) is 25.0 Å². The molecule has 1 rings (SSSR count). The molecule has 0 bridgehead atoms. The lowest BCUT2D eigenvalue weighted by atomic mass is 10.1. The lowest BCUT2D eigenvalue weighted by molar-refractivity contribution is 0.158. The van der Waals surface area contributed by atoms with Crippen LogP contribution in [0.25, 0.3) is 0 Å². The number of hydrogen-bond acceptors (Lipinski definition) is 4. The topological polar surface area (TPSA) is 73.2 Å². The first-order valence-electron chi connectivity index (χ1n) is 4.12. The Balaban J connectivity index is 2.42. The smallest absolute Gasteiger partial charge is 0.0816 e. The summed E-state index contributed by atoms with van der Waals surface area (Å²) in [6, 6.07) is 0.0520. The first-order valence-corrected chi connectivity index (χ1v) is 6.25. The highest BCUT2D eigenvalue weighted by molar-refractivity contribution is 7.91. The fourth-order valence-electron chi connectivity index (χ4n) is 1.48. The SMILES string of the molecule is CS(=N)(=O)C[C@@H](O)[C@@H]1CCCN1. The summed E-state index contributed by atoms with van der Waals surface area (Å²) in [7, 11) is -2.55. The van der Waals surface area contributed by atoms with Gasteiger partial charge in [0.25, 0.3) is 0 Å². The van der Waals surface area contributed by atoms with Crippen molar-refractivity contribution in [1.82, 2.24) is 5.32 Å². The predicted octanol–water partition coefficient (Wildman–Crippen LogP) is -0.224. The molecule has 0 radical (unpaired) electrons. The molecule has 0 saturated carbocycles. The third-order valence-corrected chi connectivity index (χ3v) is 3.03. The fourth-order valence-corrected chi connectivity index (χ4v) is 2.37. The van der Waals surface area contributed by atoms with Gasteiger partial charge in [-0.2, -0.15) is 0 Å². The van der Waals surface area contributed by atoms with Gasteiger partial charge >= 0.3 is 0 Å². The van der Waals surface area contributed by atoms with Crippen LogP contribution in [0.2, 0.25) is 0 Å². The van der Waals surface area contributed by atoms with Gasteiger partial charge in [0.1, 0.15) is 0 Å². The molecule has 0 aromatic rings. The fraction of sp³-hybridized carbons (Fsp3) is 1.00. The minimum atomic E-state index is -2.55. The molecule has 0 aliphatic carbocycles. The second kappa shape index (κ2) is 3.72. The van der Waals surface area contributed by atoms with Crippen molar-refractivity contribution in [3.8, 4) is 0 Å². The van der Waals surface area contributed by atoms with Gasteiger partial charge in [-0.05, 0) is 19.4 Å². The Bertz CT molecular complexity index is 232. The highest BCUT2D eigenvalue weighted by Gasteiger charge is 2.24. The van der Waals surface area contributed by atoms with Crippen LogP contribution in [0.3, 0.4) is 0 Å². The van der Waals surface area contributed by atoms with Crippen LogP contribution < -0.4 is 5.32 Å². The molecule has 1 heterocycles. The van der Waals surface area contributed by atoms with E-state index in [1.165, 1.54) is 6.26 Å². The predicted molar refractivity (Wildman–Crippen MR) is 48.7 cm³/mol. The van der Waals surface area contributed by atoms with Crippen LogP contribution in [0.4, 0.5) is 0 Å². The van der Waals surface area contributed by atoms with Crippen molar-refractivity contribution in [2.75, 3.05) is 18.6 Å². The van der Waals surface area contributed by atoms with Gasteiger partial charge in [-0.25, -0.2) is 0 Å². The van der Waals surface area contributed by atoms with Gasteiger partial charge in [-0.15, -0.1) is 0 Å². The van der Waals surface area contributed by atoms with Gasteiger partial charge < -0.3 is 10.4 Å². The Labute approximate surface area is 73.3 Å². The second-order valence-electron chi connectivity index (χ2n) is 3.44. The van der Waals surface area contributed by atoms with Crippen LogP contribution in [0.5, 0.6) is 0 Å². The molecule has 3 atom stereocenters. The Morgan fingerprint density at radius 3 is 2.92 bits per heavy atom. The van der Waals surface area contributed by atoms with Gasteiger partial charge in [0.2, 0.25) is 0 Å². The maximum Gasteiger partial charge on any atom is 0.0816 e. The maximum atomic E-state index is 11.0. The Morgan fingerprint density at radius 1 is 1.83 bits per heavy atom. The third-order valence-electron chi connectivity index (χ3n) is 2.05. The zero-order valence-corrected chi connectivity index (χ0v) is 8.06. The Hall–Kier alpha value is -0.130. The summed E-state index contributed by atoms with van der Waals surface area (Å²) in [6.45, 7) is 0.921. The molecule has 3 N–H and O–H groups in total. The summed E-state index contributed by atoms with van der Waals surface area (Å²) in [6.07, 6.45) is 2.73. The molecular weight excluding hydrogens is 176 g/mol. The van der Waals surface area contributed by atoms with Crippen molar-refractivity contribution in [1.29, 1.82) is 4.78 Å². The van der Waals surface area contributed by atoms with Crippen molar-refractivity contribution in [3.63, 3.8) is 0 Å². The first kappa shape index (κ1) is 9.95. The number of rotatable bonds is 3. The van der Waals surface area contributed by atoms with Crippen LogP contribution in [0.15, 0.2) is 0 Å². The standard InChI is InChI=1S/C7H16N2O2S/c1-12(8,11)5-7(10)6-3-2-4-9-6/h6-10H,2-5H2,1H3/t6-,7+,12?/m0/s1. The largest absolute Gasteiger partial charge is 0.391 e. The molecule has 1 aliphatic rings. The van der Waals surface area contributed by atoms with Gasteiger partial charge in [0, 0.05) is 22.0 Å². The Kier molecular flexibility index (Phi) is 3.09. The van der Waals surface area contributed by atoms with Crippen LogP contribution in [-0.2, 0) is 9.73 Å². The molecule has 0 aromatic carbocycles. The summed E-state index contributed by atoms with van der Waals surface area (Å²) in [4.78, 5) is 0. The van der Waals surface area contributed by atoms with Crippen molar-refractivity contribution >= 4 is 9.73 Å². The van der Waals surface area contributed by atoms with E-state index in [0.29, 0.717) is 0 Å². The van der Waals surface area contributed by atoms with Crippen molar-refractivity contribution in [2.24, 2.45) is 0 Å². The van der Waals surface area contributed by atoms with Crippen molar-refractivity contribution < 1.29 is 9.32 Å². The molecule has 0 amide bonds. The highest BCUT2D eigenvalue weighted by Crippen LogP contribution is 2.10. The van der Waals surface area contributed by atoms with Crippen molar-refractivity contribution in [3.05, 3.63) is 0 Å². The average molecular weight is 192 g/mol.